The van der Waals surface area contributed by atoms with Crippen LogP contribution in [0.3, 0.4) is 0 Å². The van der Waals surface area contributed by atoms with Crippen LogP contribution in [0.4, 0.5) is 0 Å². The molecule has 5 heteroatoms. The van der Waals surface area contributed by atoms with E-state index in [-0.39, 0.29) is 5.60 Å². The third kappa shape index (κ3) is 3.28. The standard InChI is InChI=1S/C14H25NO4/c16-13(2-6-18-11-13)10-15-12-1-5-19-14(9-12)3-7-17-8-4-14/h12,15-16H,1-11H2. The smallest absolute Gasteiger partial charge is 0.102 e. The number of rotatable bonds is 3. The fourth-order valence-corrected chi connectivity index (χ4v) is 3.36. The van der Waals surface area contributed by atoms with Crippen molar-refractivity contribution in [3.63, 3.8) is 0 Å². The first kappa shape index (κ1) is 13.8. The summed E-state index contributed by atoms with van der Waals surface area (Å²) in [6.45, 7) is 4.20. The van der Waals surface area contributed by atoms with Gasteiger partial charge in [-0.3, -0.25) is 0 Å². The summed E-state index contributed by atoms with van der Waals surface area (Å²) in [5.74, 6) is 0. The van der Waals surface area contributed by atoms with Crippen LogP contribution in [0.5, 0.6) is 0 Å². The molecule has 3 fully saturated rings. The third-order valence-corrected chi connectivity index (χ3v) is 4.70. The van der Waals surface area contributed by atoms with Gasteiger partial charge in [0.15, 0.2) is 0 Å². The van der Waals surface area contributed by atoms with Crippen molar-refractivity contribution in [2.24, 2.45) is 0 Å². The van der Waals surface area contributed by atoms with Gasteiger partial charge in [-0.1, -0.05) is 0 Å². The minimum Gasteiger partial charge on any atom is -0.386 e. The third-order valence-electron chi connectivity index (χ3n) is 4.70. The van der Waals surface area contributed by atoms with Gasteiger partial charge in [0.2, 0.25) is 0 Å². The molecule has 3 aliphatic heterocycles. The van der Waals surface area contributed by atoms with Crippen LogP contribution in [-0.4, -0.2) is 61.9 Å². The molecule has 0 saturated carbocycles. The Bertz CT molecular complexity index is 292. The lowest BCUT2D eigenvalue weighted by Gasteiger charge is -2.44. The minimum atomic E-state index is -0.666. The Morgan fingerprint density at radius 1 is 1.05 bits per heavy atom. The number of hydrogen-bond donors (Lipinski definition) is 2. The molecule has 2 atom stereocenters. The molecule has 0 aliphatic carbocycles. The lowest BCUT2D eigenvalue weighted by molar-refractivity contribution is -0.141. The molecule has 0 aromatic carbocycles. The van der Waals surface area contributed by atoms with Crippen molar-refractivity contribution in [2.45, 2.75) is 49.3 Å². The van der Waals surface area contributed by atoms with Crippen LogP contribution in [0.1, 0.15) is 32.1 Å². The molecule has 19 heavy (non-hydrogen) atoms. The zero-order chi connectivity index (χ0) is 13.2. The number of aliphatic hydroxyl groups is 1. The predicted molar refractivity (Wildman–Crippen MR) is 70.1 cm³/mol. The highest BCUT2D eigenvalue weighted by molar-refractivity contribution is 4.93. The second-order valence-electron chi connectivity index (χ2n) is 6.24. The number of hydrogen-bond acceptors (Lipinski definition) is 5. The normalized spacial score (nSPS) is 38.7. The largest absolute Gasteiger partial charge is 0.386 e. The molecule has 110 valence electrons. The van der Waals surface area contributed by atoms with E-state index in [4.69, 9.17) is 14.2 Å². The Kier molecular flexibility index (Phi) is 4.10. The second-order valence-corrected chi connectivity index (χ2v) is 6.24. The van der Waals surface area contributed by atoms with Gasteiger partial charge in [0.1, 0.15) is 5.60 Å². The molecule has 1 spiro atoms. The molecular formula is C14H25NO4. The molecule has 0 bridgehead atoms. The van der Waals surface area contributed by atoms with Crippen molar-refractivity contribution in [3.8, 4) is 0 Å². The maximum Gasteiger partial charge on any atom is 0.102 e. The summed E-state index contributed by atoms with van der Waals surface area (Å²) in [5, 5.41) is 13.8. The van der Waals surface area contributed by atoms with E-state index in [0.717, 1.165) is 51.9 Å². The molecule has 2 N–H and O–H groups in total. The van der Waals surface area contributed by atoms with E-state index < -0.39 is 5.60 Å². The van der Waals surface area contributed by atoms with Crippen molar-refractivity contribution in [2.75, 3.05) is 39.6 Å². The second kappa shape index (κ2) is 5.66. The Labute approximate surface area is 114 Å². The molecule has 3 rings (SSSR count). The Morgan fingerprint density at radius 3 is 2.58 bits per heavy atom. The van der Waals surface area contributed by atoms with Crippen molar-refractivity contribution < 1.29 is 19.3 Å². The number of nitrogens with one attached hydrogen (secondary N) is 1. The van der Waals surface area contributed by atoms with E-state index in [1.54, 1.807) is 0 Å². The van der Waals surface area contributed by atoms with Gasteiger partial charge >= 0.3 is 0 Å². The van der Waals surface area contributed by atoms with Gasteiger partial charge in [-0.25, -0.2) is 0 Å². The maximum absolute atomic E-state index is 10.3. The van der Waals surface area contributed by atoms with Crippen LogP contribution in [0.2, 0.25) is 0 Å². The molecule has 2 unspecified atom stereocenters. The summed E-state index contributed by atoms with van der Waals surface area (Å²) >= 11 is 0. The Morgan fingerprint density at radius 2 is 1.84 bits per heavy atom. The van der Waals surface area contributed by atoms with E-state index in [0.29, 0.717) is 25.8 Å². The molecular weight excluding hydrogens is 246 g/mol. The zero-order valence-corrected chi connectivity index (χ0v) is 11.5. The van der Waals surface area contributed by atoms with Crippen LogP contribution in [-0.2, 0) is 14.2 Å². The van der Waals surface area contributed by atoms with Crippen LogP contribution in [0, 0.1) is 0 Å². The average Bonchev–Trinajstić information content (AvgIpc) is 2.85. The fourth-order valence-electron chi connectivity index (χ4n) is 3.36. The summed E-state index contributed by atoms with van der Waals surface area (Å²) in [5.41, 5.74) is -0.649. The summed E-state index contributed by atoms with van der Waals surface area (Å²) in [4.78, 5) is 0. The molecule has 0 aromatic heterocycles. The molecule has 3 saturated heterocycles. The first-order valence-corrected chi connectivity index (χ1v) is 7.45. The van der Waals surface area contributed by atoms with Gasteiger partial charge in [-0.15, -0.1) is 0 Å². The van der Waals surface area contributed by atoms with Gasteiger partial charge in [0, 0.05) is 45.4 Å². The molecule has 5 nitrogen and oxygen atoms in total. The molecule has 3 heterocycles. The van der Waals surface area contributed by atoms with Gasteiger partial charge in [0.25, 0.3) is 0 Å². The zero-order valence-electron chi connectivity index (χ0n) is 11.5. The topological polar surface area (TPSA) is 60.0 Å². The van der Waals surface area contributed by atoms with E-state index in [9.17, 15) is 5.11 Å². The van der Waals surface area contributed by atoms with E-state index in [2.05, 4.69) is 5.32 Å². The van der Waals surface area contributed by atoms with Crippen LogP contribution >= 0.6 is 0 Å². The van der Waals surface area contributed by atoms with Crippen molar-refractivity contribution in [1.29, 1.82) is 0 Å². The summed E-state index contributed by atoms with van der Waals surface area (Å²) in [7, 11) is 0. The monoisotopic (exact) mass is 271 g/mol. The maximum atomic E-state index is 10.3. The Balaban J connectivity index is 1.50. The van der Waals surface area contributed by atoms with E-state index in [1.807, 2.05) is 0 Å². The quantitative estimate of drug-likeness (QED) is 0.781. The minimum absolute atomic E-state index is 0.0168. The van der Waals surface area contributed by atoms with Crippen molar-refractivity contribution >= 4 is 0 Å². The predicted octanol–water partition coefficient (Wildman–Crippen LogP) is 0.456. The van der Waals surface area contributed by atoms with Crippen LogP contribution in [0.25, 0.3) is 0 Å². The molecule has 0 amide bonds. The van der Waals surface area contributed by atoms with Crippen LogP contribution in [0.15, 0.2) is 0 Å². The molecule has 0 aromatic rings. The lowest BCUT2D eigenvalue weighted by Crippen LogP contribution is -2.52. The van der Waals surface area contributed by atoms with Gasteiger partial charge in [0.05, 0.1) is 12.2 Å². The summed E-state index contributed by atoms with van der Waals surface area (Å²) in [6.07, 6.45) is 4.80. The van der Waals surface area contributed by atoms with Gasteiger partial charge in [-0.2, -0.15) is 0 Å². The first-order valence-electron chi connectivity index (χ1n) is 7.45. The summed E-state index contributed by atoms with van der Waals surface area (Å²) in [6, 6.07) is 0.441. The first-order chi connectivity index (χ1) is 9.20. The molecule has 0 radical (unpaired) electrons. The highest BCUT2D eigenvalue weighted by Crippen LogP contribution is 2.34. The van der Waals surface area contributed by atoms with Gasteiger partial charge < -0.3 is 24.6 Å². The van der Waals surface area contributed by atoms with E-state index >= 15 is 0 Å². The van der Waals surface area contributed by atoms with Gasteiger partial charge in [-0.05, 0) is 25.7 Å². The number of ether oxygens (including phenoxy) is 3. The highest BCUT2D eigenvalue weighted by atomic mass is 16.5. The summed E-state index contributed by atoms with van der Waals surface area (Å²) < 4.78 is 16.7. The van der Waals surface area contributed by atoms with Crippen molar-refractivity contribution in [1.82, 2.24) is 5.32 Å². The highest BCUT2D eigenvalue weighted by Gasteiger charge is 2.40. The molecule has 3 aliphatic rings. The fraction of sp³-hybridized carbons (Fsp3) is 1.00. The average molecular weight is 271 g/mol. The van der Waals surface area contributed by atoms with Crippen molar-refractivity contribution in [3.05, 3.63) is 0 Å². The van der Waals surface area contributed by atoms with Crippen LogP contribution < -0.4 is 5.32 Å². The van der Waals surface area contributed by atoms with E-state index in [1.165, 1.54) is 0 Å². The Hall–Kier alpha value is -0.200. The SMILES string of the molecule is OC1(CNC2CCOC3(CCOCC3)C2)CCOC1. The lowest BCUT2D eigenvalue weighted by atomic mass is 9.84.